The summed E-state index contributed by atoms with van der Waals surface area (Å²) in [4.78, 5) is 11.2. The van der Waals surface area contributed by atoms with Gasteiger partial charge in [-0.3, -0.25) is 4.79 Å². The third kappa shape index (κ3) is 3.15. The molecule has 16 heavy (non-hydrogen) atoms. The quantitative estimate of drug-likeness (QED) is 0.665. The van der Waals surface area contributed by atoms with Gasteiger partial charge in [0.05, 0.1) is 5.56 Å². The standard InChI is InChI=1S/C12H19N3O/c1-3-4-8(2)15-11-6-5-9(13)7-10(11)12(14)16/h5-8,15H,3-4,13H2,1-2H3,(H2,14,16)/t8-/m0/s1. The number of nitrogens with two attached hydrogens (primary N) is 2. The van der Waals surface area contributed by atoms with Gasteiger partial charge in [-0.05, 0) is 31.5 Å². The van der Waals surface area contributed by atoms with Crippen molar-refractivity contribution in [3.05, 3.63) is 23.8 Å². The van der Waals surface area contributed by atoms with Crippen LogP contribution in [0, 0.1) is 0 Å². The van der Waals surface area contributed by atoms with Gasteiger partial charge < -0.3 is 16.8 Å². The molecule has 5 N–H and O–H groups in total. The third-order valence-electron chi connectivity index (χ3n) is 2.43. The number of rotatable bonds is 5. The molecule has 4 heteroatoms. The van der Waals surface area contributed by atoms with Gasteiger partial charge >= 0.3 is 0 Å². The van der Waals surface area contributed by atoms with Crippen molar-refractivity contribution < 1.29 is 4.79 Å². The molecule has 88 valence electrons. The van der Waals surface area contributed by atoms with Crippen LogP contribution in [0.5, 0.6) is 0 Å². The summed E-state index contributed by atoms with van der Waals surface area (Å²) in [5.41, 5.74) is 12.7. The summed E-state index contributed by atoms with van der Waals surface area (Å²) >= 11 is 0. The number of anilines is 2. The smallest absolute Gasteiger partial charge is 0.250 e. The summed E-state index contributed by atoms with van der Waals surface area (Å²) in [6.45, 7) is 4.20. The van der Waals surface area contributed by atoms with Crippen LogP contribution in [0.4, 0.5) is 11.4 Å². The van der Waals surface area contributed by atoms with Gasteiger partial charge in [-0.2, -0.15) is 0 Å². The van der Waals surface area contributed by atoms with Crippen LogP contribution in [-0.4, -0.2) is 11.9 Å². The van der Waals surface area contributed by atoms with Crippen LogP contribution in [0.3, 0.4) is 0 Å². The number of hydrogen-bond donors (Lipinski definition) is 3. The van der Waals surface area contributed by atoms with Crippen molar-refractivity contribution in [2.45, 2.75) is 32.7 Å². The van der Waals surface area contributed by atoms with E-state index in [9.17, 15) is 4.79 Å². The first-order chi connectivity index (χ1) is 7.54. The second-order valence-electron chi connectivity index (χ2n) is 4.00. The lowest BCUT2D eigenvalue weighted by Gasteiger charge is -2.16. The van der Waals surface area contributed by atoms with Crippen LogP contribution < -0.4 is 16.8 Å². The first-order valence-corrected chi connectivity index (χ1v) is 5.50. The van der Waals surface area contributed by atoms with E-state index in [0.717, 1.165) is 18.5 Å². The van der Waals surface area contributed by atoms with Crippen LogP contribution in [0.25, 0.3) is 0 Å². The molecule has 0 saturated carbocycles. The monoisotopic (exact) mass is 221 g/mol. The van der Waals surface area contributed by atoms with Crippen molar-refractivity contribution in [3.8, 4) is 0 Å². The number of amides is 1. The molecule has 0 aliphatic heterocycles. The second-order valence-corrected chi connectivity index (χ2v) is 4.00. The molecule has 0 saturated heterocycles. The van der Waals surface area contributed by atoms with Crippen LogP contribution >= 0.6 is 0 Å². The summed E-state index contributed by atoms with van der Waals surface area (Å²) in [5, 5.41) is 3.26. The van der Waals surface area contributed by atoms with Crippen molar-refractivity contribution in [3.63, 3.8) is 0 Å². The average molecular weight is 221 g/mol. The lowest BCUT2D eigenvalue weighted by Crippen LogP contribution is -2.20. The molecule has 0 bridgehead atoms. The molecule has 0 aliphatic rings. The molecule has 0 aromatic heterocycles. The van der Waals surface area contributed by atoms with E-state index >= 15 is 0 Å². The number of primary amides is 1. The van der Waals surface area contributed by atoms with Crippen molar-refractivity contribution >= 4 is 17.3 Å². The maximum absolute atomic E-state index is 11.2. The second kappa shape index (κ2) is 5.39. The first-order valence-electron chi connectivity index (χ1n) is 5.50. The van der Waals surface area contributed by atoms with Crippen molar-refractivity contribution in [1.82, 2.24) is 0 Å². The van der Waals surface area contributed by atoms with Crippen LogP contribution in [0.2, 0.25) is 0 Å². The maximum Gasteiger partial charge on any atom is 0.250 e. The van der Waals surface area contributed by atoms with Gasteiger partial charge in [-0.15, -0.1) is 0 Å². The molecular weight excluding hydrogens is 202 g/mol. The minimum atomic E-state index is -0.460. The van der Waals surface area contributed by atoms with Crippen LogP contribution in [-0.2, 0) is 0 Å². The molecule has 0 radical (unpaired) electrons. The molecule has 0 aliphatic carbocycles. The molecule has 1 atom stereocenters. The Hall–Kier alpha value is -1.71. The Morgan fingerprint density at radius 3 is 2.75 bits per heavy atom. The predicted molar refractivity (Wildman–Crippen MR) is 67.4 cm³/mol. The zero-order valence-corrected chi connectivity index (χ0v) is 9.79. The van der Waals surface area contributed by atoms with Crippen molar-refractivity contribution in [1.29, 1.82) is 0 Å². The normalized spacial score (nSPS) is 12.1. The Morgan fingerprint density at radius 2 is 2.19 bits per heavy atom. The number of nitrogen functional groups attached to an aromatic ring is 1. The zero-order chi connectivity index (χ0) is 12.1. The maximum atomic E-state index is 11.2. The van der Waals surface area contributed by atoms with Gasteiger partial charge in [0.2, 0.25) is 0 Å². The molecular formula is C12H19N3O. The number of nitrogens with one attached hydrogen (secondary N) is 1. The Labute approximate surface area is 96.0 Å². The molecule has 1 aromatic carbocycles. The highest BCUT2D eigenvalue weighted by Gasteiger charge is 2.10. The molecule has 0 unspecified atom stereocenters. The van der Waals surface area contributed by atoms with E-state index in [2.05, 4.69) is 19.2 Å². The van der Waals surface area contributed by atoms with Gasteiger partial charge in [-0.25, -0.2) is 0 Å². The van der Waals surface area contributed by atoms with Gasteiger partial charge in [0, 0.05) is 17.4 Å². The summed E-state index contributed by atoms with van der Waals surface area (Å²) < 4.78 is 0. The number of hydrogen-bond acceptors (Lipinski definition) is 3. The van der Waals surface area contributed by atoms with E-state index in [0.29, 0.717) is 17.3 Å². The Morgan fingerprint density at radius 1 is 1.50 bits per heavy atom. The summed E-state index contributed by atoms with van der Waals surface area (Å²) in [5.74, 6) is -0.460. The summed E-state index contributed by atoms with van der Waals surface area (Å²) in [7, 11) is 0. The van der Waals surface area contributed by atoms with Gasteiger partial charge in [0.1, 0.15) is 0 Å². The molecule has 1 rings (SSSR count). The summed E-state index contributed by atoms with van der Waals surface area (Å²) in [6.07, 6.45) is 2.14. The predicted octanol–water partition coefficient (Wildman–Crippen LogP) is 1.97. The van der Waals surface area contributed by atoms with E-state index in [1.807, 2.05) is 0 Å². The number of benzene rings is 1. The van der Waals surface area contributed by atoms with Crippen molar-refractivity contribution in [2.75, 3.05) is 11.1 Å². The van der Waals surface area contributed by atoms with E-state index in [1.165, 1.54) is 0 Å². The van der Waals surface area contributed by atoms with Crippen molar-refractivity contribution in [2.24, 2.45) is 5.73 Å². The number of carbonyl (C=O) groups excluding carboxylic acids is 1. The van der Waals surface area contributed by atoms with Gasteiger partial charge in [0.25, 0.3) is 5.91 Å². The third-order valence-corrected chi connectivity index (χ3v) is 2.43. The minimum absolute atomic E-state index is 0.312. The molecule has 1 amide bonds. The fourth-order valence-corrected chi connectivity index (χ4v) is 1.66. The average Bonchev–Trinajstić information content (AvgIpc) is 2.20. The molecule has 4 nitrogen and oxygen atoms in total. The fourth-order valence-electron chi connectivity index (χ4n) is 1.66. The highest BCUT2D eigenvalue weighted by atomic mass is 16.1. The minimum Gasteiger partial charge on any atom is -0.399 e. The van der Waals surface area contributed by atoms with E-state index in [1.54, 1.807) is 18.2 Å². The SMILES string of the molecule is CCC[C@H](C)Nc1ccc(N)cc1C(N)=O. The van der Waals surface area contributed by atoms with E-state index < -0.39 is 5.91 Å². The fraction of sp³-hybridized carbons (Fsp3) is 0.417. The lowest BCUT2D eigenvalue weighted by molar-refractivity contribution is 0.100. The topological polar surface area (TPSA) is 81.1 Å². The van der Waals surface area contributed by atoms with E-state index in [-0.39, 0.29) is 0 Å². The van der Waals surface area contributed by atoms with Gasteiger partial charge in [-0.1, -0.05) is 13.3 Å². The molecule has 0 fully saturated rings. The Kier molecular flexibility index (Phi) is 4.17. The van der Waals surface area contributed by atoms with Gasteiger partial charge in [0.15, 0.2) is 0 Å². The molecule has 0 heterocycles. The first kappa shape index (κ1) is 12.4. The molecule has 1 aromatic rings. The molecule has 0 spiro atoms. The highest BCUT2D eigenvalue weighted by Crippen LogP contribution is 2.20. The lowest BCUT2D eigenvalue weighted by atomic mass is 10.1. The largest absolute Gasteiger partial charge is 0.399 e. The van der Waals surface area contributed by atoms with E-state index in [4.69, 9.17) is 11.5 Å². The summed E-state index contributed by atoms with van der Waals surface area (Å²) in [6, 6.07) is 5.46. The zero-order valence-electron chi connectivity index (χ0n) is 9.79. The highest BCUT2D eigenvalue weighted by molar-refractivity contribution is 5.99. The number of carbonyl (C=O) groups is 1. The van der Waals surface area contributed by atoms with Crippen LogP contribution in [0.1, 0.15) is 37.0 Å². The van der Waals surface area contributed by atoms with Crippen LogP contribution in [0.15, 0.2) is 18.2 Å². The Balaban J connectivity index is 2.90. The Bertz CT molecular complexity index is 377.